The van der Waals surface area contributed by atoms with Crippen molar-refractivity contribution in [1.82, 2.24) is 10.2 Å². The van der Waals surface area contributed by atoms with E-state index in [-0.39, 0.29) is 17.3 Å². The van der Waals surface area contributed by atoms with E-state index in [0.29, 0.717) is 17.0 Å². The predicted molar refractivity (Wildman–Crippen MR) is 132 cm³/mol. The number of anilines is 1. The van der Waals surface area contributed by atoms with E-state index in [1.165, 1.54) is 4.90 Å². The zero-order valence-corrected chi connectivity index (χ0v) is 20.1. The van der Waals surface area contributed by atoms with Gasteiger partial charge in [-0.25, -0.2) is 0 Å². The average Bonchev–Trinajstić information content (AvgIpc) is 3.09. The Morgan fingerprint density at radius 2 is 1.53 bits per heavy atom. The number of ketones is 1. The van der Waals surface area contributed by atoms with E-state index in [4.69, 9.17) is 0 Å². The standard InChI is InChI=1S/C28H29N3O3/c1-16(2)19-10-12-20(13-11-19)25-24(26(32)21-8-6-18(5)7-9-21)27(33)28(34)31(25)23-15-14-22(17(3)4)29-30-23/h6-17,25,33H,1-5H3. The van der Waals surface area contributed by atoms with Crippen LogP contribution >= 0.6 is 0 Å². The highest BCUT2D eigenvalue weighted by Crippen LogP contribution is 2.41. The minimum atomic E-state index is -0.818. The Bertz CT molecular complexity index is 1240. The predicted octanol–water partition coefficient (Wildman–Crippen LogP) is 5.81. The first-order valence-electron chi connectivity index (χ1n) is 11.5. The van der Waals surface area contributed by atoms with Gasteiger partial charge in [-0.15, -0.1) is 5.10 Å². The van der Waals surface area contributed by atoms with Crippen LogP contribution in [-0.2, 0) is 4.79 Å². The fourth-order valence-corrected chi connectivity index (χ4v) is 4.08. The Morgan fingerprint density at radius 3 is 2.06 bits per heavy atom. The largest absolute Gasteiger partial charge is 0.503 e. The fraction of sp³-hybridized carbons (Fsp3) is 0.286. The van der Waals surface area contributed by atoms with Crippen molar-refractivity contribution >= 4 is 17.5 Å². The number of hydrogen-bond donors (Lipinski definition) is 1. The second-order valence-electron chi connectivity index (χ2n) is 9.33. The van der Waals surface area contributed by atoms with E-state index in [2.05, 4.69) is 24.0 Å². The number of aromatic nitrogens is 2. The third kappa shape index (κ3) is 4.23. The van der Waals surface area contributed by atoms with Gasteiger partial charge in [-0.3, -0.25) is 14.5 Å². The van der Waals surface area contributed by atoms with Crippen molar-refractivity contribution in [2.45, 2.75) is 52.5 Å². The summed E-state index contributed by atoms with van der Waals surface area (Å²) in [5.41, 5.74) is 4.11. The molecule has 1 N–H and O–H groups in total. The van der Waals surface area contributed by atoms with E-state index >= 15 is 0 Å². The van der Waals surface area contributed by atoms with Crippen molar-refractivity contribution in [2.24, 2.45) is 0 Å². The molecule has 1 amide bonds. The van der Waals surface area contributed by atoms with Gasteiger partial charge in [0.15, 0.2) is 17.4 Å². The molecule has 2 heterocycles. The quantitative estimate of drug-likeness (QED) is 0.474. The van der Waals surface area contributed by atoms with Crippen LogP contribution in [0.2, 0.25) is 0 Å². The SMILES string of the molecule is Cc1ccc(C(=O)C2=C(O)C(=O)N(c3ccc(C(C)C)nn3)C2c2ccc(C(C)C)cc2)cc1. The van der Waals surface area contributed by atoms with Gasteiger partial charge in [-0.05, 0) is 42.0 Å². The lowest BCUT2D eigenvalue weighted by atomic mass is 9.91. The highest BCUT2D eigenvalue weighted by molar-refractivity contribution is 6.20. The minimum absolute atomic E-state index is 0.0425. The zero-order valence-electron chi connectivity index (χ0n) is 20.1. The van der Waals surface area contributed by atoms with E-state index in [0.717, 1.165) is 16.8 Å². The van der Waals surface area contributed by atoms with Crippen molar-refractivity contribution in [2.75, 3.05) is 4.90 Å². The number of nitrogens with zero attached hydrogens (tertiary/aromatic N) is 3. The molecule has 4 rings (SSSR count). The Hall–Kier alpha value is -3.80. The lowest BCUT2D eigenvalue weighted by molar-refractivity contribution is -0.117. The number of hydrogen-bond acceptors (Lipinski definition) is 5. The third-order valence-electron chi connectivity index (χ3n) is 6.19. The van der Waals surface area contributed by atoms with Gasteiger partial charge in [-0.1, -0.05) is 81.8 Å². The van der Waals surface area contributed by atoms with Gasteiger partial charge in [0.05, 0.1) is 17.3 Å². The van der Waals surface area contributed by atoms with Crippen LogP contribution < -0.4 is 4.90 Å². The summed E-state index contributed by atoms with van der Waals surface area (Å²) in [4.78, 5) is 28.2. The molecule has 34 heavy (non-hydrogen) atoms. The van der Waals surface area contributed by atoms with Crippen molar-refractivity contribution < 1.29 is 14.7 Å². The molecule has 0 bridgehead atoms. The van der Waals surface area contributed by atoms with Gasteiger partial charge in [0.25, 0.3) is 5.91 Å². The van der Waals surface area contributed by atoms with Crippen LogP contribution in [0.25, 0.3) is 0 Å². The van der Waals surface area contributed by atoms with Gasteiger partial charge in [-0.2, -0.15) is 5.10 Å². The van der Waals surface area contributed by atoms with Crippen LogP contribution in [-0.4, -0.2) is 27.0 Å². The van der Waals surface area contributed by atoms with Crippen LogP contribution in [0.4, 0.5) is 5.82 Å². The van der Waals surface area contributed by atoms with Gasteiger partial charge in [0, 0.05) is 5.56 Å². The molecule has 3 aromatic rings. The summed E-state index contributed by atoms with van der Waals surface area (Å²) in [7, 11) is 0. The molecular formula is C28H29N3O3. The van der Waals surface area contributed by atoms with Gasteiger partial charge in [0.1, 0.15) is 0 Å². The molecule has 1 aliphatic heterocycles. The maximum atomic E-state index is 13.6. The molecule has 0 saturated carbocycles. The lowest BCUT2D eigenvalue weighted by Crippen LogP contribution is -2.32. The second kappa shape index (κ2) is 9.21. The normalized spacial score (nSPS) is 16.1. The number of aliphatic hydroxyl groups excluding tert-OH is 1. The summed E-state index contributed by atoms with van der Waals surface area (Å²) in [5, 5.41) is 19.4. The van der Waals surface area contributed by atoms with Gasteiger partial charge < -0.3 is 5.11 Å². The summed E-state index contributed by atoms with van der Waals surface area (Å²) in [6.45, 7) is 10.2. The van der Waals surface area contributed by atoms with E-state index in [1.807, 2.05) is 63.2 Å². The smallest absolute Gasteiger partial charge is 0.295 e. The number of rotatable bonds is 6. The number of amides is 1. The molecule has 1 unspecified atom stereocenters. The highest BCUT2D eigenvalue weighted by Gasteiger charge is 2.45. The second-order valence-corrected chi connectivity index (χ2v) is 9.33. The average molecular weight is 456 g/mol. The van der Waals surface area contributed by atoms with Crippen LogP contribution in [0, 0.1) is 6.92 Å². The summed E-state index contributed by atoms with van der Waals surface area (Å²) in [6.07, 6.45) is 0. The Labute approximate surface area is 200 Å². The molecule has 1 aromatic heterocycles. The number of carbonyl (C=O) groups excluding carboxylic acids is 2. The van der Waals surface area contributed by atoms with Gasteiger partial charge >= 0.3 is 0 Å². The number of aryl methyl sites for hydroxylation is 1. The van der Waals surface area contributed by atoms with Crippen LogP contribution in [0.15, 0.2) is 72.0 Å². The molecule has 174 valence electrons. The molecule has 6 heteroatoms. The monoisotopic (exact) mass is 455 g/mol. The molecular weight excluding hydrogens is 426 g/mol. The number of Topliss-reactive ketones (excluding diaryl/α,β-unsaturated/α-hetero) is 1. The fourth-order valence-electron chi connectivity index (χ4n) is 4.08. The zero-order chi connectivity index (χ0) is 24.6. The molecule has 0 radical (unpaired) electrons. The van der Waals surface area contributed by atoms with Crippen molar-refractivity contribution in [3.8, 4) is 0 Å². The highest BCUT2D eigenvalue weighted by atomic mass is 16.3. The van der Waals surface area contributed by atoms with E-state index in [1.54, 1.807) is 18.2 Å². The Kier molecular flexibility index (Phi) is 6.33. The van der Waals surface area contributed by atoms with Gasteiger partial charge in [0.2, 0.25) is 0 Å². The van der Waals surface area contributed by atoms with Crippen molar-refractivity contribution in [1.29, 1.82) is 0 Å². The number of carbonyl (C=O) groups is 2. The van der Waals surface area contributed by atoms with E-state index in [9.17, 15) is 14.7 Å². The van der Waals surface area contributed by atoms with Crippen molar-refractivity contribution in [3.05, 3.63) is 99.9 Å². The maximum absolute atomic E-state index is 13.6. The number of aliphatic hydroxyl groups is 1. The van der Waals surface area contributed by atoms with Crippen molar-refractivity contribution in [3.63, 3.8) is 0 Å². The first-order valence-corrected chi connectivity index (χ1v) is 11.5. The van der Waals surface area contributed by atoms with Crippen LogP contribution in [0.1, 0.15) is 78.3 Å². The maximum Gasteiger partial charge on any atom is 0.295 e. The summed E-state index contributed by atoms with van der Waals surface area (Å²) < 4.78 is 0. The summed E-state index contributed by atoms with van der Waals surface area (Å²) in [6, 6.07) is 17.6. The molecule has 0 spiro atoms. The lowest BCUT2D eigenvalue weighted by Gasteiger charge is -2.26. The van der Waals surface area contributed by atoms with Crippen LogP contribution in [0.5, 0.6) is 0 Å². The minimum Gasteiger partial charge on any atom is -0.503 e. The topological polar surface area (TPSA) is 83.4 Å². The molecule has 2 aromatic carbocycles. The molecule has 0 fully saturated rings. The molecule has 6 nitrogen and oxygen atoms in total. The van der Waals surface area contributed by atoms with E-state index < -0.39 is 23.5 Å². The number of benzene rings is 2. The third-order valence-corrected chi connectivity index (χ3v) is 6.19. The molecule has 1 aliphatic rings. The molecule has 1 atom stereocenters. The Balaban J connectivity index is 1.84. The summed E-state index contributed by atoms with van der Waals surface area (Å²) >= 11 is 0. The first-order chi connectivity index (χ1) is 16.2. The Morgan fingerprint density at radius 1 is 0.882 bits per heavy atom. The first kappa shape index (κ1) is 23.4. The molecule has 0 saturated heterocycles. The van der Waals surface area contributed by atoms with Crippen LogP contribution in [0.3, 0.4) is 0 Å². The summed E-state index contributed by atoms with van der Waals surface area (Å²) in [5.74, 6) is -0.815. The molecule has 0 aliphatic carbocycles.